The smallest absolute Gasteiger partial charge is 0.271 e. The average Bonchev–Trinajstić information content (AvgIpc) is 2.87. The molecule has 0 spiro atoms. The highest BCUT2D eigenvalue weighted by molar-refractivity contribution is 6.03. The van der Waals surface area contributed by atoms with Crippen LogP contribution in [0.2, 0.25) is 0 Å². The topological polar surface area (TPSA) is 97.6 Å². The molecule has 0 saturated heterocycles. The summed E-state index contributed by atoms with van der Waals surface area (Å²) in [5.74, 6) is -0.607. The van der Waals surface area contributed by atoms with Crippen LogP contribution < -0.4 is 5.73 Å². The van der Waals surface area contributed by atoms with Gasteiger partial charge in [-0.2, -0.15) is 15.4 Å². The van der Waals surface area contributed by atoms with Crippen LogP contribution in [0.5, 0.6) is 0 Å². The number of pyridine rings is 1. The van der Waals surface area contributed by atoms with Gasteiger partial charge in [0.05, 0.1) is 5.52 Å². The minimum atomic E-state index is -0.607. The SMILES string of the molecule is Cc1ccc2ncccc2c1-c1n[nH]nc1C(N)=O. The lowest BCUT2D eigenvalue weighted by Crippen LogP contribution is -2.13. The molecular formula is C13H11N5O. The molecule has 0 fully saturated rings. The van der Waals surface area contributed by atoms with Crippen LogP contribution in [0.3, 0.4) is 0 Å². The van der Waals surface area contributed by atoms with E-state index in [1.54, 1.807) is 6.20 Å². The molecule has 1 aromatic carbocycles. The summed E-state index contributed by atoms with van der Waals surface area (Å²) in [7, 11) is 0. The summed E-state index contributed by atoms with van der Waals surface area (Å²) < 4.78 is 0. The fourth-order valence-corrected chi connectivity index (χ4v) is 2.15. The number of hydrogen-bond acceptors (Lipinski definition) is 4. The van der Waals surface area contributed by atoms with Crippen LogP contribution in [-0.2, 0) is 0 Å². The lowest BCUT2D eigenvalue weighted by Gasteiger charge is -2.07. The minimum Gasteiger partial charge on any atom is -0.364 e. The first kappa shape index (κ1) is 11.3. The van der Waals surface area contributed by atoms with Crippen molar-refractivity contribution in [1.29, 1.82) is 0 Å². The van der Waals surface area contributed by atoms with Crippen LogP contribution in [-0.4, -0.2) is 26.3 Å². The fraction of sp³-hybridized carbons (Fsp3) is 0.0769. The lowest BCUT2D eigenvalue weighted by molar-refractivity contribution is 0.0996. The van der Waals surface area contributed by atoms with Gasteiger partial charge in [-0.05, 0) is 24.6 Å². The Labute approximate surface area is 108 Å². The first-order valence-electron chi connectivity index (χ1n) is 5.74. The van der Waals surface area contributed by atoms with E-state index in [9.17, 15) is 4.79 Å². The number of aromatic nitrogens is 4. The second-order valence-electron chi connectivity index (χ2n) is 4.21. The Morgan fingerprint density at radius 2 is 2.11 bits per heavy atom. The summed E-state index contributed by atoms with van der Waals surface area (Å²) in [5.41, 5.74) is 8.56. The Bertz CT molecular complexity index is 778. The van der Waals surface area contributed by atoms with Gasteiger partial charge in [0.2, 0.25) is 0 Å². The van der Waals surface area contributed by atoms with Crippen molar-refractivity contribution in [3.8, 4) is 11.3 Å². The second kappa shape index (κ2) is 4.16. The molecular weight excluding hydrogens is 242 g/mol. The van der Waals surface area contributed by atoms with Crippen molar-refractivity contribution in [2.45, 2.75) is 6.92 Å². The standard InChI is InChI=1S/C13H11N5O/c1-7-4-5-9-8(3-2-6-15-9)10(7)11-12(13(14)19)17-18-16-11/h2-6H,1H3,(H2,14,19)(H,16,17,18). The van der Waals surface area contributed by atoms with Gasteiger partial charge < -0.3 is 5.73 Å². The number of rotatable bonds is 2. The molecule has 0 radical (unpaired) electrons. The van der Waals surface area contributed by atoms with Gasteiger partial charge in [0.15, 0.2) is 5.69 Å². The Morgan fingerprint density at radius 1 is 1.26 bits per heavy atom. The van der Waals surface area contributed by atoms with Gasteiger partial charge >= 0.3 is 0 Å². The summed E-state index contributed by atoms with van der Waals surface area (Å²) in [5, 5.41) is 11.2. The van der Waals surface area contributed by atoms with Crippen LogP contribution in [0.4, 0.5) is 0 Å². The maximum Gasteiger partial charge on any atom is 0.271 e. The normalized spacial score (nSPS) is 10.8. The number of fused-ring (bicyclic) bond motifs is 1. The fourth-order valence-electron chi connectivity index (χ4n) is 2.15. The molecule has 94 valence electrons. The van der Waals surface area contributed by atoms with Crippen LogP contribution in [0, 0.1) is 6.92 Å². The third-order valence-corrected chi connectivity index (χ3v) is 3.01. The lowest BCUT2D eigenvalue weighted by atomic mass is 9.98. The third-order valence-electron chi connectivity index (χ3n) is 3.01. The molecule has 6 heteroatoms. The van der Waals surface area contributed by atoms with E-state index in [0.29, 0.717) is 5.69 Å². The molecule has 0 saturated carbocycles. The maximum absolute atomic E-state index is 11.4. The van der Waals surface area contributed by atoms with Crippen molar-refractivity contribution in [2.75, 3.05) is 0 Å². The van der Waals surface area contributed by atoms with Crippen molar-refractivity contribution >= 4 is 16.8 Å². The van der Waals surface area contributed by atoms with Crippen LogP contribution in [0.25, 0.3) is 22.2 Å². The van der Waals surface area contributed by atoms with E-state index in [1.807, 2.05) is 31.2 Å². The van der Waals surface area contributed by atoms with Gasteiger partial charge in [0.25, 0.3) is 5.91 Å². The molecule has 3 aromatic rings. The Kier molecular flexibility index (Phi) is 2.49. The van der Waals surface area contributed by atoms with E-state index in [2.05, 4.69) is 20.4 Å². The van der Waals surface area contributed by atoms with Crippen molar-refractivity contribution in [3.05, 3.63) is 41.7 Å². The predicted octanol–water partition coefficient (Wildman–Crippen LogP) is 1.43. The molecule has 3 rings (SSSR count). The average molecular weight is 253 g/mol. The van der Waals surface area contributed by atoms with Crippen molar-refractivity contribution in [2.24, 2.45) is 5.73 Å². The number of hydrogen-bond donors (Lipinski definition) is 2. The highest BCUT2D eigenvalue weighted by atomic mass is 16.1. The Balaban J connectivity index is 2.39. The highest BCUT2D eigenvalue weighted by Crippen LogP contribution is 2.30. The van der Waals surface area contributed by atoms with Crippen molar-refractivity contribution in [1.82, 2.24) is 20.4 Å². The van der Waals surface area contributed by atoms with Crippen LogP contribution >= 0.6 is 0 Å². The summed E-state index contributed by atoms with van der Waals surface area (Å²) in [4.78, 5) is 15.7. The number of amides is 1. The molecule has 6 nitrogen and oxygen atoms in total. The maximum atomic E-state index is 11.4. The second-order valence-corrected chi connectivity index (χ2v) is 4.21. The number of nitrogens with two attached hydrogens (primary N) is 1. The summed E-state index contributed by atoms with van der Waals surface area (Å²) in [6.45, 7) is 1.95. The number of carbonyl (C=O) groups excluding carboxylic acids is 1. The van der Waals surface area contributed by atoms with E-state index in [-0.39, 0.29) is 5.69 Å². The third kappa shape index (κ3) is 1.74. The Morgan fingerprint density at radius 3 is 2.89 bits per heavy atom. The number of aromatic amines is 1. The summed E-state index contributed by atoms with van der Waals surface area (Å²) in [6, 6.07) is 7.64. The first-order valence-corrected chi connectivity index (χ1v) is 5.74. The van der Waals surface area contributed by atoms with E-state index >= 15 is 0 Å². The van der Waals surface area contributed by atoms with Crippen molar-refractivity contribution < 1.29 is 4.79 Å². The number of nitrogens with one attached hydrogen (secondary N) is 1. The van der Waals surface area contributed by atoms with Gasteiger partial charge in [-0.3, -0.25) is 9.78 Å². The molecule has 0 aliphatic carbocycles. The van der Waals surface area contributed by atoms with E-state index in [0.717, 1.165) is 22.0 Å². The van der Waals surface area contributed by atoms with Gasteiger partial charge in [-0.25, -0.2) is 0 Å². The molecule has 0 atom stereocenters. The van der Waals surface area contributed by atoms with Gasteiger partial charge in [-0.1, -0.05) is 12.1 Å². The molecule has 0 unspecified atom stereocenters. The summed E-state index contributed by atoms with van der Waals surface area (Å²) in [6.07, 6.45) is 1.72. The number of carbonyl (C=O) groups is 1. The van der Waals surface area contributed by atoms with Crippen LogP contribution in [0.15, 0.2) is 30.5 Å². The molecule has 1 amide bonds. The predicted molar refractivity (Wildman–Crippen MR) is 70.4 cm³/mol. The number of aryl methyl sites for hydroxylation is 1. The minimum absolute atomic E-state index is 0.138. The number of nitrogens with zero attached hydrogens (tertiary/aromatic N) is 3. The van der Waals surface area contributed by atoms with Gasteiger partial charge in [-0.15, -0.1) is 0 Å². The Hall–Kier alpha value is -2.76. The van der Waals surface area contributed by atoms with Gasteiger partial charge in [0, 0.05) is 17.1 Å². The van der Waals surface area contributed by atoms with E-state index in [4.69, 9.17) is 5.73 Å². The highest BCUT2D eigenvalue weighted by Gasteiger charge is 2.19. The summed E-state index contributed by atoms with van der Waals surface area (Å²) >= 11 is 0. The van der Waals surface area contributed by atoms with Crippen LogP contribution in [0.1, 0.15) is 16.1 Å². The van der Waals surface area contributed by atoms with E-state index < -0.39 is 5.91 Å². The molecule has 0 aliphatic heterocycles. The molecule has 0 aliphatic rings. The zero-order chi connectivity index (χ0) is 13.4. The first-order chi connectivity index (χ1) is 9.18. The number of benzene rings is 1. The molecule has 2 aromatic heterocycles. The number of primary amides is 1. The molecule has 19 heavy (non-hydrogen) atoms. The van der Waals surface area contributed by atoms with E-state index in [1.165, 1.54) is 0 Å². The monoisotopic (exact) mass is 253 g/mol. The van der Waals surface area contributed by atoms with Crippen molar-refractivity contribution in [3.63, 3.8) is 0 Å². The quantitative estimate of drug-likeness (QED) is 0.721. The molecule has 0 bridgehead atoms. The molecule has 2 heterocycles. The molecule has 3 N–H and O–H groups in total. The zero-order valence-electron chi connectivity index (χ0n) is 10.2. The van der Waals surface area contributed by atoms with Gasteiger partial charge in [0.1, 0.15) is 5.69 Å². The zero-order valence-corrected chi connectivity index (χ0v) is 10.2. The largest absolute Gasteiger partial charge is 0.364 e. The number of H-pyrrole nitrogens is 1.